The molecule has 7 heteroatoms. The van der Waals surface area contributed by atoms with E-state index in [0.29, 0.717) is 23.4 Å². The second-order valence-electron chi connectivity index (χ2n) is 13.0. The second kappa shape index (κ2) is 11.6. The third-order valence-corrected chi connectivity index (χ3v) is 9.80. The van der Waals surface area contributed by atoms with Gasteiger partial charge in [0.25, 0.3) is 0 Å². The van der Waals surface area contributed by atoms with Crippen molar-refractivity contribution in [1.82, 2.24) is 19.9 Å². The maximum Gasteiger partial charge on any atom is 0.227 e. The molecule has 0 saturated carbocycles. The lowest BCUT2D eigenvalue weighted by Crippen LogP contribution is -2.00. The Balaban J connectivity index is 1.04. The predicted octanol–water partition coefficient (Wildman–Crippen LogP) is 12.1. The number of aromatic nitrogens is 4. The lowest BCUT2D eigenvalue weighted by Gasteiger charge is -2.10. The number of furan rings is 2. The van der Waals surface area contributed by atoms with Crippen LogP contribution in [-0.2, 0) is 0 Å². The zero-order valence-electron chi connectivity index (χ0n) is 28.0. The van der Waals surface area contributed by atoms with Crippen LogP contribution in [0, 0.1) is 0 Å². The van der Waals surface area contributed by atoms with E-state index in [9.17, 15) is 0 Å². The molecule has 0 spiro atoms. The molecule has 53 heavy (non-hydrogen) atoms. The topological polar surface area (TPSA) is 91.0 Å². The highest BCUT2D eigenvalue weighted by Crippen LogP contribution is 2.39. The van der Waals surface area contributed by atoms with Crippen molar-refractivity contribution in [3.8, 4) is 56.7 Å². The minimum Gasteiger partial charge on any atom is -0.456 e. The molecule has 0 bridgehead atoms. The van der Waals surface area contributed by atoms with Gasteiger partial charge in [0.1, 0.15) is 27.8 Å². The number of hydrogen-bond donors (Lipinski definition) is 0. The van der Waals surface area contributed by atoms with Gasteiger partial charge in [-0.05, 0) is 48.0 Å². The zero-order chi connectivity index (χ0) is 34.9. The number of nitrogens with zero attached hydrogens (tertiary/aromatic N) is 4. The monoisotopic (exact) mass is 682 g/mol. The van der Waals surface area contributed by atoms with Crippen molar-refractivity contribution in [2.24, 2.45) is 0 Å². The summed E-state index contributed by atoms with van der Waals surface area (Å²) in [5, 5.41) is 4.08. The fourth-order valence-electron chi connectivity index (χ4n) is 7.26. The minimum atomic E-state index is 0.545. The van der Waals surface area contributed by atoms with Crippen LogP contribution in [0.4, 0.5) is 0 Å². The second-order valence-corrected chi connectivity index (χ2v) is 13.0. The van der Waals surface area contributed by atoms with Gasteiger partial charge in [-0.3, -0.25) is 0 Å². The molecule has 0 aliphatic carbocycles. The van der Waals surface area contributed by atoms with Crippen molar-refractivity contribution in [2.45, 2.75) is 0 Å². The van der Waals surface area contributed by atoms with E-state index in [0.717, 1.165) is 88.4 Å². The summed E-state index contributed by atoms with van der Waals surface area (Å²) in [6.45, 7) is 0. The molecular formula is C46H26N4O3. The van der Waals surface area contributed by atoms with Gasteiger partial charge in [0.15, 0.2) is 23.1 Å². The lowest BCUT2D eigenvalue weighted by atomic mass is 10.0. The normalized spacial score (nSPS) is 11.8. The van der Waals surface area contributed by atoms with Gasteiger partial charge in [0, 0.05) is 49.4 Å². The van der Waals surface area contributed by atoms with E-state index in [4.69, 9.17) is 33.2 Å². The molecule has 7 nitrogen and oxygen atoms in total. The quantitative estimate of drug-likeness (QED) is 0.178. The highest BCUT2D eigenvalue weighted by atomic mass is 16.4. The maximum atomic E-state index is 6.44. The average molecular weight is 683 g/mol. The molecule has 0 saturated heterocycles. The van der Waals surface area contributed by atoms with E-state index in [1.165, 1.54) is 0 Å². The maximum absolute atomic E-state index is 6.44. The molecule has 4 heterocycles. The summed E-state index contributed by atoms with van der Waals surface area (Å²) in [5.41, 5.74) is 10.3. The van der Waals surface area contributed by atoms with Crippen LogP contribution in [0.15, 0.2) is 171 Å². The van der Waals surface area contributed by atoms with Crippen molar-refractivity contribution in [1.29, 1.82) is 0 Å². The van der Waals surface area contributed by atoms with Gasteiger partial charge in [-0.2, -0.15) is 0 Å². The van der Waals surface area contributed by atoms with Crippen molar-refractivity contribution in [3.05, 3.63) is 158 Å². The summed E-state index contributed by atoms with van der Waals surface area (Å²) in [6.07, 6.45) is 0. The molecule has 0 amide bonds. The van der Waals surface area contributed by atoms with Gasteiger partial charge >= 0.3 is 0 Å². The van der Waals surface area contributed by atoms with Crippen molar-refractivity contribution in [2.75, 3.05) is 0 Å². The zero-order valence-corrected chi connectivity index (χ0v) is 28.0. The standard InChI is InChI=1S/C46H26N4O3/c1-2-10-28(11-3-1)43-48-44(29-22-20-27(21-23-29)31-13-8-14-33-32-12-4-6-17-37(32)52-42(31)33)50-45(49-43)35-15-9-19-39-41(35)34-25-24-30(26-40(34)51-39)46-47-36-16-5-7-18-38(36)53-46/h1-26H. The summed E-state index contributed by atoms with van der Waals surface area (Å²) in [6, 6.07) is 52.5. The van der Waals surface area contributed by atoms with Crippen molar-refractivity contribution in [3.63, 3.8) is 0 Å². The minimum absolute atomic E-state index is 0.545. The van der Waals surface area contributed by atoms with E-state index in [-0.39, 0.29) is 0 Å². The first kappa shape index (κ1) is 29.4. The van der Waals surface area contributed by atoms with Crippen molar-refractivity contribution < 1.29 is 13.3 Å². The molecule has 0 radical (unpaired) electrons. The number of benzene rings is 7. The molecule has 0 aliphatic rings. The largest absolute Gasteiger partial charge is 0.456 e. The number of hydrogen-bond acceptors (Lipinski definition) is 7. The molecule has 0 fully saturated rings. The van der Waals surface area contributed by atoms with E-state index in [2.05, 4.69) is 54.6 Å². The van der Waals surface area contributed by atoms with Crippen LogP contribution in [0.2, 0.25) is 0 Å². The smallest absolute Gasteiger partial charge is 0.227 e. The lowest BCUT2D eigenvalue weighted by molar-refractivity contribution is 0.619. The summed E-state index contributed by atoms with van der Waals surface area (Å²) >= 11 is 0. The highest BCUT2D eigenvalue weighted by molar-refractivity contribution is 6.12. The molecule has 0 N–H and O–H groups in total. The number of oxazole rings is 1. The van der Waals surface area contributed by atoms with Gasteiger partial charge in [-0.25, -0.2) is 19.9 Å². The molecule has 0 aliphatic heterocycles. The van der Waals surface area contributed by atoms with Gasteiger partial charge in [0.05, 0.1) is 0 Å². The summed E-state index contributed by atoms with van der Waals surface area (Å²) in [5.74, 6) is 2.26. The first-order valence-electron chi connectivity index (χ1n) is 17.4. The van der Waals surface area contributed by atoms with Gasteiger partial charge in [-0.15, -0.1) is 0 Å². The molecule has 0 unspecified atom stereocenters. The fraction of sp³-hybridized carbons (Fsp3) is 0. The van der Waals surface area contributed by atoms with E-state index in [1.54, 1.807) is 0 Å². The van der Waals surface area contributed by atoms with E-state index in [1.807, 2.05) is 103 Å². The summed E-state index contributed by atoms with van der Waals surface area (Å²) in [4.78, 5) is 19.8. The molecule has 7 aromatic carbocycles. The van der Waals surface area contributed by atoms with Gasteiger partial charge in [-0.1, -0.05) is 115 Å². The van der Waals surface area contributed by atoms with Crippen LogP contribution in [0.3, 0.4) is 0 Å². The Bertz CT molecular complexity index is 3140. The van der Waals surface area contributed by atoms with Crippen LogP contribution < -0.4 is 0 Å². The Labute approximate surface area is 301 Å². The first-order chi connectivity index (χ1) is 26.2. The molecule has 248 valence electrons. The van der Waals surface area contributed by atoms with Gasteiger partial charge < -0.3 is 13.3 Å². The Morgan fingerprint density at radius 3 is 1.83 bits per heavy atom. The predicted molar refractivity (Wildman–Crippen MR) is 209 cm³/mol. The van der Waals surface area contributed by atoms with Gasteiger partial charge in [0.2, 0.25) is 5.89 Å². The summed E-state index contributed by atoms with van der Waals surface area (Å²) < 4.78 is 18.8. The third-order valence-electron chi connectivity index (χ3n) is 9.80. The molecule has 11 aromatic rings. The SMILES string of the molecule is c1ccc(-c2nc(-c3ccc(-c4cccc5c4oc4ccccc45)cc3)nc(-c3cccc4oc5cc(-c6nc7ccccc7o6)ccc5c34)n2)cc1. The van der Waals surface area contributed by atoms with Crippen LogP contribution in [0.5, 0.6) is 0 Å². The molecule has 11 rings (SSSR count). The van der Waals surface area contributed by atoms with Crippen LogP contribution in [-0.4, -0.2) is 19.9 Å². The third kappa shape index (κ3) is 4.82. The highest BCUT2D eigenvalue weighted by Gasteiger charge is 2.19. The number of fused-ring (bicyclic) bond motifs is 7. The molecular weight excluding hydrogens is 657 g/mol. The Kier molecular flexibility index (Phi) is 6.42. The van der Waals surface area contributed by atoms with Crippen LogP contribution in [0.1, 0.15) is 0 Å². The Hall–Kier alpha value is -7.38. The average Bonchev–Trinajstić information content (AvgIpc) is 3.94. The van der Waals surface area contributed by atoms with E-state index < -0.39 is 0 Å². The van der Waals surface area contributed by atoms with Crippen LogP contribution in [0.25, 0.3) is 112 Å². The van der Waals surface area contributed by atoms with Crippen LogP contribution >= 0.6 is 0 Å². The summed E-state index contributed by atoms with van der Waals surface area (Å²) in [7, 11) is 0. The Morgan fingerprint density at radius 2 is 0.981 bits per heavy atom. The number of rotatable bonds is 5. The fourth-order valence-corrected chi connectivity index (χ4v) is 7.26. The number of para-hydroxylation sites is 4. The molecule has 4 aromatic heterocycles. The molecule has 0 atom stereocenters. The Morgan fingerprint density at radius 1 is 0.340 bits per heavy atom. The van der Waals surface area contributed by atoms with Crippen molar-refractivity contribution >= 4 is 55.0 Å². The first-order valence-corrected chi connectivity index (χ1v) is 17.4. The van der Waals surface area contributed by atoms with E-state index >= 15 is 0 Å².